The number of aliphatic hydroxyl groups excluding tert-OH is 4. The van der Waals surface area contributed by atoms with Gasteiger partial charge in [-0.05, 0) is 187 Å². The fraction of sp³-hybridized carbons (Fsp3) is 0.956. The summed E-state index contributed by atoms with van der Waals surface area (Å²) >= 11 is 0. The molecule has 1 saturated carbocycles. The summed E-state index contributed by atoms with van der Waals surface area (Å²) in [5.74, 6) is 1.17. The van der Waals surface area contributed by atoms with Gasteiger partial charge in [-0.25, -0.2) is 9.59 Å². The molecule has 13 fully saturated rings. The number of cyclic esters (lactones) is 4. The first-order valence-corrected chi connectivity index (χ1v) is 46.4. The molecule has 0 aromatic rings. The summed E-state index contributed by atoms with van der Waals surface area (Å²) in [6.45, 7) is 51.0. The van der Waals surface area contributed by atoms with Gasteiger partial charge in [-0.15, -0.1) is 0 Å². The first-order valence-electron chi connectivity index (χ1n) is 46.4. The first kappa shape index (κ1) is 112. The lowest BCUT2D eigenvalue weighted by Crippen LogP contribution is -2.36. The van der Waals surface area contributed by atoms with Crippen LogP contribution in [0, 0.1) is 11.8 Å². The van der Waals surface area contributed by atoms with E-state index in [1.54, 1.807) is 0 Å². The number of carbonyl (C=O) groups excluding carboxylic acids is 4. The fourth-order valence-corrected chi connectivity index (χ4v) is 14.4. The number of morpholine rings is 1. The van der Waals surface area contributed by atoms with Crippen LogP contribution in [0.15, 0.2) is 0 Å². The van der Waals surface area contributed by atoms with E-state index in [0.717, 1.165) is 188 Å². The molecule has 13 aliphatic rings. The van der Waals surface area contributed by atoms with Gasteiger partial charge < -0.3 is 107 Å². The van der Waals surface area contributed by atoms with Crippen LogP contribution in [-0.4, -0.2) is 265 Å². The standard InChI is InChI=1S/C9H18O.2C8H16O2.2C8H16O.C7H15NO.2C7H14O2.C6H12O4.2C6H10O2.2C5H9NO2/c1-2-3-8-4-6-9(10)7-5-8;2*1-4-5-7-6-9-8(2,3)10-7;1-2-5-8-6-3-4-7-9-8;2*1-2-3-8-4-6-9-7-5-8;2*1-2-3-7-6-8-4-5-9-7;1-2-3-4(7)5(8)6(9)10-3;2*1-2-5-3-4-6(7)8-5;2*1-2-4-3-8-5(7)6-4/h8-10H,2-7H2,1H3;2*7H,4-6H2,1-3H3;2*8H,2-7H2,1H3;2-7H2,1H3;2*7H,2-6H2,1H3;3-9H,2H2,1H3;2*5H,2-4H2,1H3;2*4H,2-3H2,1H3,(H,6,7)/t;2*7-;;;;2*7-;3-,4-,5-,6+;5-;;2*4-/m.10...1010.10/s1. The lowest BCUT2D eigenvalue weighted by Gasteiger charge is -2.25. The highest BCUT2D eigenvalue weighted by molar-refractivity contribution is 5.72. The molecule has 27 heteroatoms. The summed E-state index contributed by atoms with van der Waals surface area (Å²) in [6, 6.07) is 0.505. The molecule has 2 amide bonds. The molecule has 0 spiro atoms. The third-order valence-corrected chi connectivity index (χ3v) is 21.5. The molecule has 13 atom stereocenters. The highest BCUT2D eigenvalue weighted by Crippen LogP contribution is 2.29. The Labute approximate surface area is 709 Å². The number of alkyl carbamates (subject to hydrolysis) is 2. The van der Waals surface area contributed by atoms with E-state index in [2.05, 4.69) is 80.4 Å². The van der Waals surface area contributed by atoms with Crippen LogP contribution in [0.1, 0.15) is 330 Å². The van der Waals surface area contributed by atoms with Crippen molar-refractivity contribution in [2.75, 3.05) is 119 Å². The number of carbonyl (C=O) groups is 4. The molecule has 0 aromatic heterocycles. The van der Waals surface area contributed by atoms with Crippen molar-refractivity contribution < 1.29 is 115 Å². The zero-order valence-corrected chi connectivity index (χ0v) is 76.7. The number of rotatable bonds is 21. The van der Waals surface area contributed by atoms with Gasteiger partial charge in [0.25, 0.3) is 0 Å². The minimum absolute atomic E-state index is 0.0214. The molecule has 0 aromatic carbocycles. The minimum atomic E-state index is -1.22. The summed E-state index contributed by atoms with van der Waals surface area (Å²) in [5.41, 5.74) is 0. The molecular weight excluding hydrogens is 1510 g/mol. The van der Waals surface area contributed by atoms with E-state index < -0.39 is 24.6 Å². The Morgan fingerprint density at radius 1 is 0.376 bits per heavy atom. The van der Waals surface area contributed by atoms with Crippen LogP contribution in [-0.2, 0) is 85.4 Å². The normalized spacial score (nSPS) is 29.8. The van der Waals surface area contributed by atoms with Gasteiger partial charge in [0.2, 0.25) is 0 Å². The first-order chi connectivity index (χ1) is 56.2. The number of nitrogens with one attached hydrogen (secondary N) is 2. The third-order valence-electron chi connectivity index (χ3n) is 21.5. The zero-order valence-electron chi connectivity index (χ0n) is 76.7. The van der Waals surface area contributed by atoms with Gasteiger partial charge in [0.05, 0.1) is 121 Å². The second kappa shape index (κ2) is 71.1. The minimum Gasteiger partial charge on any atom is -0.462 e. The number of esters is 2. The van der Waals surface area contributed by atoms with Crippen LogP contribution >= 0.6 is 0 Å². The monoisotopic (exact) mass is 1680 g/mol. The van der Waals surface area contributed by atoms with Crippen LogP contribution in [0.4, 0.5) is 9.59 Å². The van der Waals surface area contributed by atoms with E-state index >= 15 is 0 Å². The van der Waals surface area contributed by atoms with E-state index in [1.807, 2.05) is 62.3 Å². The topological polar surface area (TPSA) is 324 Å². The fourth-order valence-electron chi connectivity index (χ4n) is 14.4. The Hall–Kier alpha value is -3.20. The van der Waals surface area contributed by atoms with E-state index in [9.17, 15) is 24.3 Å². The van der Waals surface area contributed by atoms with E-state index in [-0.39, 0.29) is 66.1 Å². The van der Waals surface area contributed by atoms with Crippen LogP contribution < -0.4 is 10.6 Å². The lowest BCUT2D eigenvalue weighted by molar-refractivity contribution is -0.142. The molecule has 117 heavy (non-hydrogen) atoms. The predicted molar refractivity (Wildman–Crippen MR) is 457 cm³/mol. The highest BCUT2D eigenvalue weighted by Gasteiger charge is 2.41. The number of hydrogen-bond acceptors (Lipinski definition) is 25. The summed E-state index contributed by atoms with van der Waals surface area (Å²) in [5, 5.41) is 41.4. The van der Waals surface area contributed by atoms with Gasteiger partial charge in [-0.3, -0.25) is 14.5 Å². The van der Waals surface area contributed by atoms with Crippen molar-refractivity contribution in [3.63, 3.8) is 0 Å². The highest BCUT2D eigenvalue weighted by atomic mass is 16.7. The molecule has 1 aliphatic carbocycles. The predicted octanol–water partition coefficient (Wildman–Crippen LogP) is 16.0. The summed E-state index contributed by atoms with van der Waals surface area (Å²) in [4.78, 5) is 43.8. The quantitative estimate of drug-likeness (QED) is 0.0459. The number of aliphatic hydroxyl groups is 4. The average molecular weight is 1680 g/mol. The van der Waals surface area contributed by atoms with Crippen molar-refractivity contribution in [2.45, 2.75) is 427 Å². The summed E-state index contributed by atoms with van der Waals surface area (Å²) in [7, 11) is 0. The van der Waals surface area contributed by atoms with Gasteiger partial charge in [-0.1, -0.05) is 148 Å². The van der Waals surface area contributed by atoms with Crippen molar-refractivity contribution >= 4 is 24.1 Å². The van der Waals surface area contributed by atoms with Crippen molar-refractivity contribution in [3.8, 4) is 0 Å². The Balaban J connectivity index is 0.000000634. The van der Waals surface area contributed by atoms with Gasteiger partial charge in [0.15, 0.2) is 17.9 Å². The molecule has 13 rings (SSSR count). The van der Waals surface area contributed by atoms with Crippen LogP contribution in [0.25, 0.3) is 0 Å². The van der Waals surface area contributed by atoms with Crippen LogP contribution in [0.3, 0.4) is 0 Å². The molecule has 12 heterocycles. The Bertz CT molecular complexity index is 2050. The molecule has 12 saturated heterocycles. The Kier molecular flexibility index (Phi) is 68.0. The SMILES string of the molecule is CCC1CCC(=O)O1.CCCC1CCC(O)CC1.CCCC1CCCCO1.CCCC1CCOCC1.CCCN1CCOCC1.CCC[C@@H]1COC(C)(C)O1.CCC[C@@H]1COCCO1.CCC[C@H]1COC(C)(C)O1.CCC[C@H]1COCCO1.CC[C@@H]1COC(=O)N1.CC[C@H]1CCC(=O)O1.CC[C@H]1COC(=O)N1.CC[C@H]1O[C@H](O)[C@H](O)[C@@H]1O. The molecule has 12 aliphatic heterocycles. The van der Waals surface area contributed by atoms with Crippen LogP contribution in [0.5, 0.6) is 0 Å². The van der Waals surface area contributed by atoms with Crippen molar-refractivity contribution in [2.24, 2.45) is 11.8 Å². The second-order valence-electron chi connectivity index (χ2n) is 33.0. The van der Waals surface area contributed by atoms with E-state index in [1.165, 1.54) is 122 Å². The molecular formula is C90H175N3O24. The second-order valence-corrected chi connectivity index (χ2v) is 33.0. The zero-order chi connectivity index (χ0) is 86.9. The Morgan fingerprint density at radius 2 is 0.795 bits per heavy atom. The van der Waals surface area contributed by atoms with Crippen molar-refractivity contribution in [1.29, 1.82) is 0 Å². The number of hydrogen-bond donors (Lipinski definition) is 6. The van der Waals surface area contributed by atoms with Crippen molar-refractivity contribution in [3.05, 3.63) is 0 Å². The van der Waals surface area contributed by atoms with Crippen LogP contribution in [0.2, 0.25) is 0 Å². The molecule has 27 nitrogen and oxygen atoms in total. The summed E-state index contributed by atoms with van der Waals surface area (Å²) < 4.78 is 82.8. The Morgan fingerprint density at radius 3 is 1.09 bits per heavy atom. The van der Waals surface area contributed by atoms with Gasteiger partial charge in [0.1, 0.15) is 37.6 Å². The van der Waals surface area contributed by atoms with E-state index in [4.69, 9.17) is 81.6 Å². The molecule has 6 N–H and O–H groups in total. The molecule has 0 radical (unpaired) electrons. The number of nitrogens with zero attached hydrogens (tertiary/aromatic N) is 1. The van der Waals surface area contributed by atoms with Gasteiger partial charge in [-0.2, -0.15) is 0 Å². The number of amides is 2. The maximum absolute atomic E-state index is 10.4. The molecule has 2 unspecified atom stereocenters. The molecule has 694 valence electrons. The molecule has 0 bridgehead atoms. The maximum atomic E-state index is 10.4. The van der Waals surface area contributed by atoms with Gasteiger partial charge >= 0.3 is 24.1 Å². The largest absolute Gasteiger partial charge is 0.462 e. The van der Waals surface area contributed by atoms with Crippen molar-refractivity contribution in [1.82, 2.24) is 15.5 Å². The summed E-state index contributed by atoms with van der Waals surface area (Å²) in [6.07, 6.45) is 35.3. The lowest BCUT2D eigenvalue weighted by atomic mass is 9.85. The maximum Gasteiger partial charge on any atom is 0.407 e. The number of ether oxygens (including phenoxy) is 16. The average Bonchev–Trinajstić information content (AvgIpc) is 1.72. The third kappa shape index (κ3) is 57.8. The smallest absolute Gasteiger partial charge is 0.407 e. The van der Waals surface area contributed by atoms with E-state index in [0.29, 0.717) is 63.0 Å². The van der Waals surface area contributed by atoms with Gasteiger partial charge in [0, 0.05) is 45.8 Å².